The molecule has 2 aromatic carbocycles. The van der Waals surface area contributed by atoms with Crippen LogP contribution in [0.15, 0.2) is 52.5 Å². The summed E-state index contributed by atoms with van der Waals surface area (Å²) in [7, 11) is -4.67. The van der Waals surface area contributed by atoms with E-state index in [1.165, 1.54) is 4.90 Å². The largest absolute Gasteiger partial charge is 0.430 e. The van der Waals surface area contributed by atoms with E-state index in [9.17, 15) is 54.2 Å². The first-order chi connectivity index (χ1) is 19.8. The summed E-state index contributed by atoms with van der Waals surface area (Å²) in [5, 5.41) is 23.7. The second-order valence-corrected chi connectivity index (χ2v) is 12.2. The molecule has 2 N–H and O–H groups in total. The minimum absolute atomic E-state index is 0.0428. The number of alkyl halides is 6. The van der Waals surface area contributed by atoms with Crippen LogP contribution < -0.4 is 4.31 Å². The van der Waals surface area contributed by atoms with Gasteiger partial charge >= 0.3 is 12.4 Å². The summed E-state index contributed by atoms with van der Waals surface area (Å²) in [6, 6.07) is 3.75. The first-order valence-electron chi connectivity index (χ1n) is 12.6. The van der Waals surface area contributed by atoms with Crippen LogP contribution in [0.3, 0.4) is 0 Å². The predicted molar refractivity (Wildman–Crippen MR) is 135 cm³/mol. The van der Waals surface area contributed by atoms with Crippen molar-refractivity contribution in [2.45, 2.75) is 60.2 Å². The summed E-state index contributed by atoms with van der Waals surface area (Å²) in [5.74, 6) is -1.40. The van der Waals surface area contributed by atoms with Crippen molar-refractivity contribution in [3.05, 3.63) is 69.9 Å². The number of rotatable bonds is 7. The molecule has 10 nitrogen and oxygen atoms in total. The van der Waals surface area contributed by atoms with Crippen molar-refractivity contribution >= 4 is 21.6 Å². The summed E-state index contributed by atoms with van der Waals surface area (Å²) in [5.41, 5.74) is -0.404. The van der Waals surface area contributed by atoms with Gasteiger partial charge in [-0.05, 0) is 60.7 Å². The number of β-amino-alcohol motifs (C(OH)–C–C–N with tert-alkyl or cyclic N) is 1. The van der Waals surface area contributed by atoms with E-state index in [2.05, 4.69) is 10.0 Å². The van der Waals surface area contributed by atoms with Crippen LogP contribution in [0.5, 0.6) is 0 Å². The molecule has 2 aromatic rings. The Balaban J connectivity index is 1.75. The quantitative estimate of drug-likeness (QED) is 0.201. The van der Waals surface area contributed by atoms with Crippen LogP contribution in [-0.4, -0.2) is 73.1 Å². The molecular formula is C25H24F7N5O5S. The number of aryl methyl sites for hydroxylation is 1. The van der Waals surface area contributed by atoms with Gasteiger partial charge in [0, 0.05) is 30.0 Å². The highest BCUT2D eigenvalue weighted by atomic mass is 32.2. The van der Waals surface area contributed by atoms with Crippen molar-refractivity contribution in [3.63, 3.8) is 0 Å². The predicted octanol–water partition coefficient (Wildman–Crippen LogP) is 4.31. The summed E-state index contributed by atoms with van der Waals surface area (Å²) < 4.78 is 123. The van der Waals surface area contributed by atoms with Crippen LogP contribution in [0.4, 0.5) is 36.4 Å². The van der Waals surface area contributed by atoms with Crippen LogP contribution >= 0.6 is 0 Å². The van der Waals surface area contributed by atoms with Crippen molar-refractivity contribution in [2.24, 2.45) is 5.11 Å². The van der Waals surface area contributed by atoms with E-state index >= 15 is 0 Å². The van der Waals surface area contributed by atoms with Gasteiger partial charge in [-0.1, -0.05) is 17.2 Å². The molecule has 43 heavy (non-hydrogen) atoms. The molecule has 234 valence electrons. The number of sulfonamides is 1. The van der Waals surface area contributed by atoms with Crippen molar-refractivity contribution < 1.29 is 54.2 Å². The van der Waals surface area contributed by atoms with E-state index in [0.29, 0.717) is 22.5 Å². The number of likely N-dealkylation sites (tertiary alicyclic amines) is 1. The lowest BCUT2D eigenvalue weighted by Crippen LogP contribution is -2.54. The summed E-state index contributed by atoms with van der Waals surface area (Å²) in [6.45, 7) is -0.503. The molecule has 0 saturated carbocycles. The number of halogens is 7. The van der Waals surface area contributed by atoms with Crippen molar-refractivity contribution in [1.82, 2.24) is 4.90 Å². The molecule has 4 rings (SSSR count). The van der Waals surface area contributed by atoms with Gasteiger partial charge in [0.25, 0.3) is 15.6 Å². The average Bonchev–Trinajstić information content (AvgIpc) is 3.32. The van der Waals surface area contributed by atoms with Crippen molar-refractivity contribution in [3.8, 4) is 0 Å². The molecule has 0 aliphatic carbocycles. The van der Waals surface area contributed by atoms with E-state index in [-0.39, 0.29) is 50.1 Å². The molecule has 0 bridgehead atoms. The zero-order valence-electron chi connectivity index (χ0n) is 22.0. The molecule has 0 aromatic heterocycles. The van der Waals surface area contributed by atoms with Gasteiger partial charge < -0.3 is 15.1 Å². The normalized spacial score (nSPS) is 21.4. The van der Waals surface area contributed by atoms with Crippen LogP contribution in [-0.2, 0) is 26.8 Å². The first kappa shape index (κ1) is 32.3. The zero-order chi connectivity index (χ0) is 32.0. The van der Waals surface area contributed by atoms with Gasteiger partial charge in [0.05, 0.1) is 28.8 Å². The Labute approximate surface area is 240 Å². The van der Waals surface area contributed by atoms with Gasteiger partial charge in [-0.2, -0.15) is 26.3 Å². The minimum atomic E-state index is -6.17. The minimum Gasteiger partial charge on any atom is -0.388 e. The SMILES string of the molecule is [N-]=[N+]=NCC1(O)CCN(C(=O)CC2CCc3cc(C(O)(C(F)(F)F)C(F)(F)F)ccc3N2S(=O)(=O)c2ccc(F)cc2)C1. The van der Waals surface area contributed by atoms with Gasteiger partial charge in [-0.25, -0.2) is 12.8 Å². The fourth-order valence-corrected chi connectivity index (χ4v) is 6.99. The fraction of sp³-hybridized carbons (Fsp3) is 0.480. The fourth-order valence-electron chi connectivity index (χ4n) is 5.27. The molecule has 2 heterocycles. The molecule has 2 unspecified atom stereocenters. The lowest BCUT2D eigenvalue weighted by Gasteiger charge is -2.39. The Morgan fingerprint density at radius 3 is 2.30 bits per heavy atom. The maximum Gasteiger partial charge on any atom is 0.430 e. The molecular weight excluding hydrogens is 615 g/mol. The lowest BCUT2D eigenvalue weighted by atomic mass is 9.87. The topological polar surface area (TPSA) is 147 Å². The highest BCUT2D eigenvalue weighted by molar-refractivity contribution is 7.92. The third-order valence-corrected chi connectivity index (χ3v) is 9.41. The van der Waals surface area contributed by atoms with E-state index < -0.39 is 68.2 Å². The molecule has 1 amide bonds. The number of hydrogen-bond donors (Lipinski definition) is 2. The number of fused-ring (bicyclic) bond motifs is 1. The van der Waals surface area contributed by atoms with Gasteiger partial charge in [-0.15, -0.1) is 0 Å². The van der Waals surface area contributed by atoms with Gasteiger partial charge in [-0.3, -0.25) is 9.10 Å². The number of benzene rings is 2. The van der Waals surface area contributed by atoms with E-state index in [1.54, 1.807) is 0 Å². The molecule has 2 atom stereocenters. The Morgan fingerprint density at radius 2 is 1.72 bits per heavy atom. The Morgan fingerprint density at radius 1 is 1.09 bits per heavy atom. The second kappa shape index (κ2) is 11.2. The summed E-state index contributed by atoms with van der Waals surface area (Å²) in [6.07, 6.45) is -13.3. The number of amides is 1. The summed E-state index contributed by atoms with van der Waals surface area (Å²) >= 11 is 0. The van der Waals surface area contributed by atoms with E-state index in [0.717, 1.165) is 24.3 Å². The molecule has 18 heteroatoms. The smallest absolute Gasteiger partial charge is 0.388 e. The molecule has 0 spiro atoms. The number of carbonyl (C=O) groups excluding carboxylic acids is 1. The highest BCUT2D eigenvalue weighted by Gasteiger charge is 2.71. The second-order valence-electron chi connectivity index (χ2n) is 10.4. The summed E-state index contributed by atoms with van der Waals surface area (Å²) in [4.78, 5) is 16.5. The van der Waals surface area contributed by atoms with Crippen LogP contribution in [0.1, 0.15) is 30.4 Å². The lowest BCUT2D eigenvalue weighted by molar-refractivity contribution is -0.376. The molecule has 0 radical (unpaired) electrons. The molecule has 2 aliphatic rings. The Kier molecular flexibility index (Phi) is 8.38. The molecule has 2 aliphatic heterocycles. The maximum atomic E-state index is 13.8. The number of aliphatic hydroxyl groups is 2. The van der Waals surface area contributed by atoms with E-state index in [1.807, 2.05) is 0 Å². The van der Waals surface area contributed by atoms with Crippen LogP contribution in [0.25, 0.3) is 10.4 Å². The van der Waals surface area contributed by atoms with E-state index in [4.69, 9.17) is 5.53 Å². The maximum absolute atomic E-state index is 13.8. The van der Waals surface area contributed by atoms with Crippen molar-refractivity contribution in [2.75, 3.05) is 23.9 Å². The Bertz CT molecular complexity index is 1530. The average molecular weight is 640 g/mol. The van der Waals surface area contributed by atoms with Gasteiger partial charge in [0.15, 0.2) is 0 Å². The first-order valence-corrected chi connectivity index (χ1v) is 14.1. The standard InChI is InChI=1S/C25H24F7N5O5S/c26-17-3-6-19(7-4-17)43(41,42)37-18(12-21(38)36-10-9-22(39,14-36)13-34-35-33)5-1-15-11-16(2-8-20(15)37)23(40,24(27,28)29)25(30,31)32/h2-4,6-8,11,18,39-40H,1,5,9-10,12-14H2. The number of anilines is 1. The number of nitrogens with zero attached hydrogens (tertiary/aromatic N) is 5. The third-order valence-electron chi connectivity index (χ3n) is 7.53. The zero-order valence-corrected chi connectivity index (χ0v) is 22.8. The third kappa shape index (κ3) is 5.96. The van der Waals surface area contributed by atoms with Gasteiger partial charge in [0.1, 0.15) is 5.82 Å². The number of carbonyl (C=O) groups is 1. The highest BCUT2D eigenvalue weighted by Crippen LogP contribution is 2.51. The monoisotopic (exact) mass is 639 g/mol. The number of azide groups is 1. The van der Waals surface area contributed by atoms with Crippen molar-refractivity contribution in [1.29, 1.82) is 0 Å². The molecule has 1 fully saturated rings. The Hall–Kier alpha value is -3.60. The number of hydrogen-bond acceptors (Lipinski definition) is 6. The van der Waals surface area contributed by atoms with Crippen LogP contribution in [0, 0.1) is 5.82 Å². The van der Waals surface area contributed by atoms with Gasteiger partial charge in [0.2, 0.25) is 5.91 Å². The molecule has 1 saturated heterocycles. The van der Waals surface area contributed by atoms with Crippen LogP contribution in [0.2, 0.25) is 0 Å².